The summed E-state index contributed by atoms with van der Waals surface area (Å²) in [5, 5.41) is 12.0. The van der Waals surface area contributed by atoms with Gasteiger partial charge in [0.15, 0.2) is 0 Å². The molecule has 0 spiro atoms. The maximum atomic E-state index is 12.2. The predicted octanol–water partition coefficient (Wildman–Crippen LogP) is 6.06. The maximum Gasteiger partial charge on any atom is 0.352 e. The van der Waals surface area contributed by atoms with Gasteiger partial charge in [0.05, 0.1) is 4.47 Å². The molecule has 0 aliphatic heterocycles. The van der Waals surface area contributed by atoms with Gasteiger partial charge in [-0.3, -0.25) is 4.79 Å². The van der Waals surface area contributed by atoms with Crippen LogP contribution in [0.1, 0.15) is 49.7 Å². The molecule has 0 heterocycles. The van der Waals surface area contributed by atoms with Crippen molar-refractivity contribution < 1.29 is 19.4 Å². The van der Waals surface area contributed by atoms with Gasteiger partial charge in [0.1, 0.15) is 17.2 Å². The molecule has 0 aromatic heterocycles. The molecule has 6 heteroatoms. The summed E-state index contributed by atoms with van der Waals surface area (Å²) in [7, 11) is 0. The van der Waals surface area contributed by atoms with Crippen molar-refractivity contribution >= 4 is 33.9 Å². The molecular formula is C24H26BrNO4. The highest BCUT2D eigenvalue weighted by Gasteiger charge is 2.17. The molecular weight excluding hydrogens is 446 g/mol. The molecule has 0 saturated heterocycles. The largest absolute Gasteiger partial charge is 0.477 e. The van der Waals surface area contributed by atoms with Crippen LogP contribution in [-0.2, 0) is 9.59 Å². The Hall–Kier alpha value is -2.60. The number of nitrogens with one attached hydrogen (secondary N) is 1. The molecule has 2 aromatic rings. The highest BCUT2D eigenvalue weighted by atomic mass is 79.9. The van der Waals surface area contributed by atoms with E-state index in [2.05, 4.69) is 21.2 Å². The van der Waals surface area contributed by atoms with E-state index in [4.69, 9.17) is 4.74 Å². The Morgan fingerprint density at radius 1 is 1.17 bits per heavy atom. The lowest BCUT2D eigenvalue weighted by Crippen LogP contribution is -2.27. The van der Waals surface area contributed by atoms with Gasteiger partial charge >= 0.3 is 5.97 Å². The minimum atomic E-state index is -1.16. The van der Waals surface area contributed by atoms with Crippen molar-refractivity contribution in [1.29, 1.82) is 0 Å². The number of benzene rings is 2. The average molecular weight is 472 g/mol. The third-order valence-corrected chi connectivity index (χ3v) is 5.88. The molecule has 0 bridgehead atoms. The number of halogens is 1. The molecule has 2 aromatic carbocycles. The van der Waals surface area contributed by atoms with E-state index in [1.165, 1.54) is 31.8 Å². The molecule has 2 N–H and O–H groups in total. The Morgan fingerprint density at radius 2 is 1.87 bits per heavy atom. The number of ether oxygens (including phenoxy) is 1. The summed E-state index contributed by atoms with van der Waals surface area (Å²) in [5.41, 5.74) is 1.67. The van der Waals surface area contributed by atoms with Gasteiger partial charge in [-0.25, -0.2) is 4.79 Å². The van der Waals surface area contributed by atoms with E-state index in [1.807, 2.05) is 25.1 Å². The molecule has 0 atom stereocenters. The van der Waals surface area contributed by atoms with Gasteiger partial charge in [-0.2, -0.15) is 0 Å². The lowest BCUT2D eigenvalue weighted by Gasteiger charge is -2.10. The second-order valence-electron chi connectivity index (χ2n) is 7.71. The van der Waals surface area contributed by atoms with E-state index in [0.717, 1.165) is 16.5 Å². The van der Waals surface area contributed by atoms with Crippen molar-refractivity contribution in [3.8, 4) is 11.5 Å². The number of carboxylic acids is 1. The van der Waals surface area contributed by atoms with Gasteiger partial charge in [0, 0.05) is 6.42 Å². The molecule has 1 fully saturated rings. The zero-order chi connectivity index (χ0) is 21.5. The van der Waals surface area contributed by atoms with Crippen LogP contribution in [0, 0.1) is 12.8 Å². The van der Waals surface area contributed by atoms with Crippen molar-refractivity contribution in [2.24, 2.45) is 5.92 Å². The van der Waals surface area contributed by atoms with Crippen molar-refractivity contribution in [3.05, 3.63) is 63.8 Å². The van der Waals surface area contributed by atoms with E-state index in [1.54, 1.807) is 24.3 Å². The third kappa shape index (κ3) is 6.46. The topological polar surface area (TPSA) is 75.6 Å². The Morgan fingerprint density at radius 3 is 2.50 bits per heavy atom. The zero-order valence-corrected chi connectivity index (χ0v) is 18.6. The molecule has 30 heavy (non-hydrogen) atoms. The summed E-state index contributed by atoms with van der Waals surface area (Å²) in [6, 6.07) is 12.9. The number of aryl methyl sites for hydroxylation is 1. The highest BCUT2D eigenvalue weighted by molar-refractivity contribution is 9.10. The summed E-state index contributed by atoms with van der Waals surface area (Å²) in [6.45, 7) is 2.00. The number of rotatable bonds is 8. The Labute approximate surface area is 185 Å². The van der Waals surface area contributed by atoms with Crippen molar-refractivity contribution in [3.63, 3.8) is 0 Å². The molecule has 1 aliphatic carbocycles. The molecule has 158 valence electrons. The van der Waals surface area contributed by atoms with Gasteiger partial charge in [-0.15, -0.1) is 0 Å². The Bertz CT molecular complexity index is 931. The average Bonchev–Trinajstić information content (AvgIpc) is 3.23. The van der Waals surface area contributed by atoms with Gasteiger partial charge in [0.25, 0.3) is 0 Å². The number of hydrogen-bond acceptors (Lipinski definition) is 3. The second kappa shape index (κ2) is 10.4. The minimum absolute atomic E-state index is 0.124. The fraction of sp³-hybridized carbons (Fsp3) is 0.333. The summed E-state index contributed by atoms with van der Waals surface area (Å²) in [4.78, 5) is 23.7. The Kier molecular flexibility index (Phi) is 7.69. The smallest absolute Gasteiger partial charge is 0.352 e. The van der Waals surface area contributed by atoms with Crippen LogP contribution in [-0.4, -0.2) is 17.0 Å². The molecule has 0 radical (unpaired) electrons. The van der Waals surface area contributed by atoms with E-state index in [0.29, 0.717) is 29.4 Å². The first-order valence-electron chi connectivity index (χ1n) is 10.2. The maximum absolute atomic E-state index is 12.2. The molecule has 1 amide bonds. The first-order valence-corrected chi connectivity index (χ1v) is 11.0. The van der Waals surface area contributed by atoms with E-state index < -0.39 is 5.97 Å². The van der Waals surface area contributed by atoms with Crippen LogP contribution in [0.5, 0.6) is 11.5 Å². The van der Waals surface area contributed by atoms with Gasteiger partial charge < -0.3 is 15.2 Å². The van der Waals surface area contributed by atoms with Gasteiger partial charge in [-0.05, 0) is 76.7 Å². The summed E-state index contributed by atoms with van der Waals surface area (Å²) in [5.74, 6) is 0.515. The number of amides is 1. The summed E-state index contributed by atoms with van der Waals surface area (Å²) in [6.07, 6.45) is 7.43. The minimum Gasteiger partial charge on any atom is -0.477 e. The number of carbonyl (C=O) groups is 2. The van der Waals surface area contributed by atoms with Crippen LogP contribution < -0.4 is 10.1 Å². The lowest BCUT2D eigenvalue weighted by atomic mass is 10.0. The normalized spacial score (nSPS) is 14.5. The SMILES string of the molecule is Cc1ccc(Oc2ccc(/C=C(\NC(=O)CCC3CCCC3)C(=O)O)cc2)c(Br)c1. The first kappa shape index (κ1) is 22.1. The number of carbonyl (C=O) groups excluding carboxylic acids is 1. The van der Waals surface area contributed by atoms with E-state index >= 15 is 0 Å². The van der Waals surface area contributed by atoms with Crippen molar-refractivity contribution in [2.45, 2.75) is 45.4 Å². The van der Waals surface area contributed by atoms with Crippen LogP contribution >= 0.6 is 15.9 Å². The number of carboxylic acid groups (broad SMARTS) is 1. The molecule has 3 rings (SSSR count). The lowest BCUT2D eigenvalue weighted by molar-refractivity contribution is -0.134. The van der Waals surface area contributed by atoms with Gasteiger partial charge in [0.2, 0.25) is 5.91 Å². The zero-order valence-electron chi connectivity index (χ0n) is 17.0. The van der Waals surface area contributed by atoms with Gasteiger partial charge in [-0.1, -0.05) is 43.9 Å². The van der Waals surface area contributed by atoms with Crippen LogP contribution in [0.4, 0.5) is 0 Å². The number of aliphatic carboxylic acids is 1. The molecule has 0 unspecified atom stereocenters. The molecule has 1 saturated carbocycles. The van der Waals surface area contributed by atoms with Crippen LogP contribution in [0.3, 0.4) is 0 Å². The van der Waals surface area contributed by atoms with Crippen LogP contribution in [0.2, 0.25) is 0 Å². The fourth-order valence-electron chi connectivity index (χ4n) is 3.61. The first-order chi connectivity index (χ1) is 14.4. The van der Waals surface area contributed by atoms with Crippen LogP contribution in [0.15, 0.2) is 52.6 Å². The fourth-order valence-corrected chi connectivity index (χ4v) is 4.19. The Balaban J connectivity index is 1.62. The standard InChI is InChI=1S/C24H26BrNO4/c1-16-6-12-22(20(25)14-16)30-19-10-7-18(8-11-19)15-21(24(28)29)26-23(27)13-9-17-4-2-3-5-17/h6-8,10-12,14-15,17H,2-5,9,13H2,1H3,(H,26,27)(H,28,29)/b21-15-. The third-order valence-electron chi connectivity index (χ3n) is 5.27. The predicted molar refractivity (Wildman–Crippen MR) is 120 cm³/mol. The monoisotopic (exact) mass is 471 g/mol. The second-order valence-corrected chi connectivity index (χ2v) is 8.56. The van der Waals surface area contributed by atoms with E-state index in [-0.39, 0.29) is 11.6 Å². The summed E-state index contributed by atoms with van der Waals surface area (Å²) >= 11 is 3.48. The van der Waals surface area contributed by atoms with Crippen molar-refractivity contribution in [2.75, 3.05) is 0 Å². The highest BCUT2D eigenvalue weighted by Crippen LogP contribution is 2.31. The van der Waals surface area contributed by atoms with E-state index in [9.17, 15) is 14.7 Å². The van der Waals surface area contributed by atoms with Crippen LogP contribution in [0.25, 0.3) is 6.08 Å². The summed E-state index contributed by atoms with van der Waals surface area (Å²) < 4.78 is 6.72. The van der Waals surface area contributed by atoms with Crippen molar-refractivity contribution in [1.82, 2.24) is 5.32 Å². The number of hydrogen-bond donors (Lipinski definition) is 2. The quantitative estimate of drug-likeness (QED) is 0.458. The molecule has 1 aliphatic rings. The molecule has 5 nitrogen and oxygen atoms in total.